The summed E-state index contributed by atoms with van der Waals surface area (Å²) in [5.74, 6) is 1.40. The van der Waals surface area contributed by atoms with E-state index in [-0.39, 0.29) is 6.61 Å². The van der Waals surface area contributed by atoms with E-state index in [9.17, 15) is 5.11 Å². The molecule has 0 amide bonds. The van der Waals surface area contributed by atoms with Gasteiger partial charge in [-0.05, 0) is 48.5 Å². The van der Waals surface area contributed by atoms with E-state index in [1.807, 2.05) is 95.9 Å². The average molecular weight is 397 g/mol. The Morgan fingerprint density at radius 3 is 1.97 bits per heavy atom. The van der Waals surface area contributed by atoms with E-state index >= 15 is 0 Å². The lowest BCUT2D eigenvalue weighted by Gasteiger charge is -2.23. The van der Waals surface area contributed by atoms with Crippen LogP contribution < -0.4 is 15.5 Å². The Balaban J connectivity index is 1.48. The molecule has 0 fully saturated rings. The summed E-state index contributed by atoms with van der Waals surface area (Å²) in [5, 5.41) is 16.2. The molecule has 6 nitrogen and oxygen atoms in total. The van der Waals surface area contributed by atoms with E-state index in [0.29, 0.717) is 12.4 Å². The number of anilines is 6. The molecule has 0 bridgehead atoms. The molecule has 0 unspecified atom stereocenters. The van der Waals surface area contributed by atoms with Gasteiger partial charge in [-0.15, -0.1) is 0 Å². The monoisotopic (exact) mass is 397 g/mol. The fourth-order valence-corrected chi connectivity index (χ4v) is 3.12. The van der Waals surface area contributed by atoms with E-state index in [0.717, 1.165) is 28.6 Å². The van der Waals surface area contributed by atoms with Crippen molar-refractivity contribution in [2.45, 2.75) is 0 Å². The van der Waals surface area contributed by atoms with Gasteiger partial charge in [0.1, 0.15) is 18.0 Å². The van der Waals surface area contributed by atoms with Crippen molar-refractivity contribution in [3.05, 3.63) is 97.3 Å². The third-order valence-corrected chi connectivity index (χ3v) is 4.54. The molecule has 0 aliphatic carbocycles. The summed E-state index contributed by atoms with van der Waals surface area (Å²) in [4.78, 5) is 10.7. The van der Waals surface area contributed by atoms with Crippen LogP contribution in [0.5, 0.6) is 0 Å². The first kappa shape index (κ1) is 19.4. The summed E-state index contributed by atoms with van der Waals surface area (Å²) in [5.41, 5.74) is 3.94. The Labute approximate surface area is 175 Å². The number of rotatable bonds is 8. The fourth-order valence-electron chi connectivity index (χ4n) is 3.12. The van der Waals surface area contributed by atoms with Crippen LogP contribution in [-0.2, 0) is 0 Å². The average Bonchev–Trinajstić information content (AvgIpc) is 2.80. The highest BCUT2D eigenvalue weighted by molar-refractivity contribution is 5.67. The standard InChI is InChI=1S/C24H23N5O/c30-16-15-29(22-9-5-2-6-10-22)24-17-23(25-18-26-24)28-21-13-11-20(12-14-21)27-19-7-3-1-4-8-19/h1-14,17-18,27,30H,15-16H2,(H,25,26,28). The van der Waals surface area contributed by atoms with Crippen LogP contribution in [0.15, 0.2) is 97.3 Å². The van der Waals surface area contributed by atoms with Gasteiger partial charge in [0.15, 0.2) is 0 Å². The summed E-state index contributed by atoms with van der Waals surface area (Å²) < 4.78 is 0. The third-order valence-electron chi connectivity index (χ3n) is 4.54. The van der Waals surface area contributed by atoms with Crippen LogP contribution in [0.3, 0.4) is 0 Å². The Kier molecular flexibility index (Phi) is 6.17. The van der Waals surface area contributed by atoms with Gasteiger partial charge in [0.05, 0.1) is 6.61 Å². The van der Waals surface area contributed by atoms with Crippen LogP contribution in [0.25, 0.3) is 0 Å². The number of benzene rings is 3. The SMILES string of the molecule is OCCN(c1ccccc1)c1cc(Nc2ccc(Nc3ccccc3)cc2)ncn1. The summed E-state index contributed by atoms with van der Waals surface area (Å²) in [7, 11) is 0. The van der Waals surface area contributed by atoms with Gasteiger partial charge < -0.3 is 20.6 Å². The van der Waals surface area contributed by atoms with Gasteiger partial charge in [-0.2, -0.15) is 0 Å². The quantitative estimate of drug-likeness (QED) is 0.384. The number of aliphatic hydroxyl groups excluding tert-OH is 1. The first-order valence-corrected chi connectivity index (χ1v) is 9.76. The number of nitrogens with one attached hydrogen (secondary N) is 2. The van der Waals surface area contributed by atoms with Crippen LogP contribution in [0, 0.1) is 0 Å². The highest BCUT2D eigenvalue weighted by Crippen LogP contribution is 2.26. The predicted molar refractivity (Wildman–Crippen MR) is 122 cm³/mol. The Morgan fingerprint density at radius 2 is 1.30 bits per heavy atom. The molecule has 150 valence electrons. The Morgan fingerprint density at radius 1 is 0.700 bits per heavy atom. The molecular formula is C24H23N5O. The van der Waals surface area contributed by atoms with Crippen LogP contribution in [0.2, 0.25) is 0 Å². The molecule has 6 heteroatoms. The molecule has 0 aliphatic rings. The smallest absolute Gasteiger partial charge is 0.138 e. The van der Waals surface area contributed by atoms with Crippen molar-refractivity contribution >= 4 is 34.4 Å². The number of para-hydroxylation sites is 2. The minimum Gasteiger partial charge on any atom is -0.395 e. The molecule has 0 radical (unpaired) electrons. The summed E-state index contributed by atoms with van der Waals surface area (Å²) in [6.45, 7) is 0.470. The highest BCUT2D eigenvalue weighted by atomic mass is 16.3. The van der Waals surface area contributed by atoms with E-state index in [4.69, 9.17) is 0 Å². The van der Waals surface area contributed by atoms with Gasteiger partial charge in [0, 0.05) is 35.4 Å². The largest absolute Gasteiger partial charge is 0.395 e. The Bertz CT molecular complexity index is 1060. The molecule has 3 aromatic carbocycles. The second-order valence-electron chi connectivity index (χ2n) is 6.67. The van der Waals surface area contributed by atoms with Crippen LogP contribution >= 0.6 is 0 Å². The lowest BCUT2D eigenvalue weighted by atomic mass is 10.2. The minimum absolute atomic E-state index is 0.0253. The highest BCUT2D eigenvalue weighted by Gasteiger charge is 2.11. The maximum Gasteiger partial charge on any atom is 0.138 e. The molecule has 0 saturated heterocycles. The van der Waals surface area contributed by atoms with Crippen molar-refractivity contribution in [3.63, 3.8) is 0 Å². The lowest BCUT2D eigenvalue weighted by Crippen LogP contribution is -2.22. The maximum atomic E-state index is 9.49. The van der Waals surface area contributed by atoms with Crippen molar-refractivity contribution in [2.75, 3.05) is 28.7 Å². The van der Waals surface area contributed by atoms with E-state index < -0.39 is 0 Å². The topological polar surface area (TPSA) is 73.3 Å². The normalized spacial score (nSPS) is 10.4. The van der Waals surface area contributed by atoms with Crippen LogP contribution in [0.4, 0.5) is 34.4 Å². The van der Waals surface area contributed by atoms with Gasteiger partial charge in [0.25, 0.3) is 0 Å². The minimum atomic E-state index is 0.0253. The van der Waals surface area contributed by atoms with Crippen molar-refractivity contribution < 1.29 is 5.11 Å². The lowest BCUT2D eigenvalue weighted by molar-refractivity contribution is 0.305. The first-order valence-electron chi connectivity index (χ1n) is 9.76. The second kappa shape index (κ2) is 9.54. The molecule has 0 saturated carbocycles. The molecule has 3 N–H and O–H groups in total. The maximum absolute atomic E-state index is 9.49. The molecule has 1 heterocycles. The summed E-state index contributed by atoms with van der Waals surface area (Å²) in [6, 6.07) is 29.8. The number of nitrogens with zero attached hydrogens (tertiary/aromatic N) is 3. The molecule has 4 rings (SSSR count). The number of aromatic nitrogens is 2. The summed E-state index contributed by atoms with van der Waals surface area (Å²) in [6.07, 6.45) is 1.52. The van der Waals surface area contributed by atoms with Gasteiger partial charge in [-0.3, -0.25) is 0 Å². The molecule has 0 aliphatic heterocycles. The fraction of sp³-hybridized carbons (Fsp3) is 0.0833. The second-order valence-corrected chi connectivity index (χ2v) is 6.67. The van der Waals surface area contributed by atoms with Crippen LogP contribution in [0.1, 0.15) is 0 Å². The van der Waals surface area contributed by atoms with Gasteiger partial charge >= 0.3 is 0 Å². The molecule has 30 heavy (non-hydrogen) atoms. The van der Waals surface area contributed by atoms with Crippen LogP contribution in [-0.4, -0.2) is 28.2 Å². The Hall–Kier alpha value is -3.90. The van der Waals surface area contributed by atoms with E-state index in [2.05, 4.69) is 20.6 Å². The first-order chi connectivity index (χ1) is 14.8. The van der Waals surface area contributed by atoms with Gasteiger partial charge in [-0.25, -0.2) is 9.97 Å². The van der Waals surface area contributed by atoms with E-state index in [1.165, 1.54) is 6.33 Å². The third kappa shape index (κ3) is 4.92. The molecule has 1 aromatic heterocycles. The number of hydrogen-bond acceptors (Lipinski definition) is 6. The molecule has 0 atom stereocenters. The van der Waals surface area contributed by atoms with Crippen molar-refractivity contribution in [3.8, 4) is 0 Å². The van der Waals surface area contributed by atoms with Gasteiger partial charge in [0.2, 0.25) is 0 Å². The zero-order valence-electron chi connectivity index (χ0n) is 16.4. The predicted octanol–water partition coefficient (Wildman–Crippen LogP) is 5.09. The van der Waals surface area contributed by atoms with Crippen molar-refractivity contribution in [2.24, 2.45) is 0 Å². The molecule has 0 spiro atoms. The number of hydrogen-bond donors (Lipinski definition) is 3. The molecule has 4 aromatic rings. The zero-order valence-corrected chi connectivity index (χ0v) is 16.4. The van der Waals surface area contributed by atoms with Gasteiger partial charge in [-0.1, -0.05) is 36.4 Å². The van der Waals surface area contributed by atoms with E-state index in [1.54, 1.807) is 0 Å². The summed E-state index contributed by atoms with van der Waals surface area (Å²) >= 11 is 0. The molecular weight excluding hydrogens is 374 g/mol. The zero-order chi connectivity index (χ0) is 20.6. The number of aliphatic hydroxyl groups is 1. The van der Waals surface area contributed by atoms with Crippen molar-refractivity contribution in [1.29, 1.82) is 0 Å². The van der Waals surface area contributed by atoms with Crippen molar-refractivity contribution in [1.82, 2.24) is 9.97 Å².